The zero-order valence-corrected chi connectivity index (χ0v) is 13.3. The molecule has 1 aliphatic carbocycles. The van der Waals surface area contributed by atoms with Gasteiger partial charge in [0.15, 0.2) is 0 Å². The van der Waals surface area contributed by atoms with Gasteiger partial charge in [-0.3, -0.25) is 4.79 Å². The number of carbonyl (C=O) groups excluding carboxylic acids is 1. The van der Waals surface area contributed by atoms with E-state index < -0.39 is 5.92 Å². The van der Waals surface area contributed by atoms with Crippen molar-refractivity contribution in [1.29, 1.82) is 0 Å². The fourth-order valence-electron chi connectivity index (χ4n) is 3.51. The first-order chi connectivity index (χ1) is 11.0. The predicted octanol–water partition coefficient (Wildman–Crippen LogP) is 3.15. The normalized spacial score (nSPS) is 24.5. The van der Waals surface area contributed by atoms with Crippen molar-refractivity contribution in [1.82, 2.24) is 10.6 Å². The molecule has 1 aromatic rings. The number of nitrogens with one attached hydrogen (secondary N) is 2. The molecule has 2 N–H and O–H groups in total. The van der Waals surface area contributed by atoms with Crippen LogP contribution in [0.1, 0.15) is 48.0 Å². The van der Waals surface area contributed by atoms with Crippen LogP contribution in [0.4, 0.5) is 8.78 Å². The molecule has 1 aliphatic heterocycles. The highest BCUT2D eigenvalue weighted by Crippen LogP contribution is 2.33. The van der Waals surface area contributed by atoms with E-state index in [1.54, 1.807) is 6.07 Å². The van der Waals surface area contributed by atoms with E-state index in [4.69, 9.17) is 0 Å². The highest BCUT2D eigenvalue weighted by atomic mass is 19.3. The van der Waals surface area contributed by atoms with Crippen molar-refractivity contribution in [2.45, 2.75) is 50.5 Å². The van der Waals surface area contributed by atoms with Crippen molar-refractivity contribution >= 4 is 5.91 Å². The Morgan fingerprint density at radius 3 is 2.74 bits per heavy atom. The summed E-state index contributed by atoms with van der Waals surface area (Å²) >= 11 is 0. The lowest BCUT2D eigenvalue weighted by Gasteiger charge is -2.28. The molecule has 2 fully saturated rings. The molecule has 3 rings (SSSR count). The SMILES string of the molecule is O=C(NC1CCC(F)(F)CC1)c1cccc(CC2CCNC2)c1. The van der Waals surface area contributed by atoms with Gasteiger partial charge in [0.2, 0.25) is 5.92 Å². The zero-order chi connectivity index (χ0) is 16.3. The topological polar surface area (TPSA) is 41.1 Å². The van der Waals surface area contributed by atoms with Crippen LogP contribution in [0.15, 0.2) is 24.3 Å². The van der Waals surface area contributed by atoms with Crippen molar-refractivity contribution < 1.29 is 13.6 Å². The standard InChI is InChI=1S/C18H24F2N2O/c19-18(20)7-4-16(5-8-18)22-17(23)15-3-1-2-13(11-15)10-14-6-9-21-12-14/h1-3,11,14,16,21H,4-10,12H2,(H,22,23). The highest BCUT2D eigenvalue weighted by Gasteiger charge is 2.35. The van der Waals surface area contributed by atoms with Crippen molar-refractivity contribution in [2.24, 2.45) is 5.92 Å². The molecule has 0 aromatic heterocycles. The van der Waals surface area contributed by atoms with Crippen molar-refractivity contribution in [3.8, 4) is 0 Å². The van der Waals surface area contributed by atoms with Crippen LogP contribution in [0.3, 0.4) is 0 Å². The monoisotopic (exact) mass is 322 g/mol. The van der Waals surface area contributed by atoms with E-state index in [9.17, 15) is 13.6 Å². The maximum absolute atomic E-state index is 13.2. The molecule has 1 unspecified atom stereocenters. The molecule has 126 valence electrons. The molecule has 2 aliphatic rings. The number of carbonyl (C=O) groups is 1. The third-order valence-corrected chi connectivity index (χ3v) is 4.93. The summed E-state index contributed by atoms with van der Waals surface area (Å²) in [5.41, 5.74) is 1.80. The van der Waals surface area contributed by atoms with Crippen LogP contribution < -0.4 is 10.6 Å². The van der Waals surface area contributed by atoms with Gasteiger partial charge >= 0.3 is 0 Å². The molecular formula is C18H24F2N2O. The Morgan fingerprint density at radius 1 is 1.26 bits per heavy atom. The Morgan fingerprint density at radius 2 is 2.04 bits per heavy atom. The number of amides is 1. The van der Waals surface area contributed by atoms with E-state index in [1.165, 1.54) is 12.0 Å². The van der Waals surface area contributed by atoms with Crippen LogP contribution in [-0.4, -0.2) is 31.0 Å². The molecule has 0 radical (unpaired) electrons. The minimum atomic E-state index is -2.56. The molecule has 0 spiro atoms. The smallest absolute Gasteiger partial charge is 0.251 e. The van der Waals surface area contributed by atoms with E-state index in [1.807, 2.05) is 12.1 Å². The Hall–Kier alpha value is -1.49. The summed E-state index contributed by atoms with van der Waals surface area (Å²) in [5, 5.41) is 6.26. The largest absolute Gasteiger partial charge is 0.349 e. The van der Waals surface area contributed by atoms with Gasteiger partial charge in [-0.05, 0) is 62.4 Å². The molecule has 1 saturated carbocycles. The third-order valence-electron chi connectivity index (χ3n) is 4.93. The Kier molecular flexibility index (Phi) is 4.95. The number of alkyl halides is 2. The summed E-state index contributed by atoms with van der Waals surface area (Å²) in [6.45, 7) is 2.10. The van der Waals surface area contributed by atoms with Crippen LogP contribution in [0.5, 0.6) is 0 Å². The van der Waals surface area contributed by atoms with Crippen molar-refractivity contribution in [3.63, 3.8) is 0 Å². The fraction of sp³-hybridized carbons (Fsp3) is 0.611. The number of benzene rings is 1. The molecule has 1 saturated heterocycles. The first-order valence-corrected chi connectivity index (χ1v) is 8.50. The molecule has 1 atom stereocenters. The van der Waals surface area contributed by atoms with E-state index in [0.29, 0.717) is 24.3 Å². The molecule has 3 nitrogen and oxygen atoms in total. The number of rotatable bonds is 4. The first-order valence-electron chi connectivity index (χ1n) is 8.50. The van der Waals surface area contributed by atoms with Gasteiger partial charge < -0.3 is 10.6 Å². The maximum atomic E-state index is 13.2. The summed E-state index contributed by atoms with van der Waals surface area (Å²) in [7, 11) is 0. The quantitative estimate of drug-likeness (QED) is 0.894. The Balaban J connectivity index is 1.56. The first kappa shape index (κ1) is 16.4. The van der Waals surface area contributed by atoms with Crippen LogP contribution in [0.25, 0.3) is 0 Å². The summed E-state index contributed by atoms with van der Waals surface area (Å²) in [6, 6.07) is 7.55. The molecule has 5 heteroatoms. The van der Waals surface area contributed by atoms with Gasteiger partial charge in [-0.15, -0.1) is 0 Å². The van der Waals surface area contributed by atoms with Crippen LogP contribution in [0.2, 0.25) is 0 Å². The number of hydrogen-bond acceptors (Lipinski definition) is 2. The molecular weight excluding hydrogens is 298 g/mol. The third kappa shape index (κ3) is 4.50. The van der Waals surface area contributed by atoms with E-state index in [2.05, 4.69) is 16.7 Å². The molecule has 1 heterocycles. The lowest BCUT2D eigenvalue weighted by molar-refractivity contribution is -0.0399. The average molecular weight is 322 g/mol. The van der Waals surface area contributed by atoms with Gasteiger partial charge in [0.1, 0.15) is 0 Å². The Bertz CT molecular complexity index is 546. The Labute approximate surface area is 135 Å². The highest BCUT2D eigenvalue weighted by molar-refractivity contribution is 5.94. The molecule has 1 amide bonds. The lowest BCUT2D eigenvalue weighted by atomic mass is 9.92. The van der Waals surface area contributed by atoms with Crippen molar-refractivity contribution in [3.05, 3.63) is 35.4 Å². The van der Waals surface area contributed by atoms with Gasteiger partial charge in [0.05, 0.1) is 0 Å². The minimum absolute atomic E-state index is 0.132. The van der Waals surface area contributed by atoms with Crippen LogP contribution >= 0.6 is 0 Å². The summed E-state index contributed by atoms with van der Waals surface area (Å²) < 4.78 is 26.3. The average Bonchev–Trinajstić information content (AvgIpc) is 3.02. The van der Waals surface area contributed by atoms with Crippen LogP contribution in [-0.2, 0) is 6.42 Å². The number of hydrogen-bond donors (Lipinski definition) is 2. The predicted molar refractivity (Wildman–Crippen MR) is 85.8 cm³/mol. The fourth-order valence-corrected chi connectivity index (χ4v) is 3.51. The molecule has 23 heavy (non-hydrogen) atoms. The van der Waals surface area contributed by atoms with Crippen LogP contribution in [0, 0.1) is 5.92 Å². The second-order valence-corrected chi connectivity index (χ2v) is 6.87. The van der Waals surface area contributed by atoms with E-state index in [0.717, 1.165) is 19.5 Å². The van der Waals surface area contributed by atoms with Gasteiger partial charge in [-0.2, -0.15) is 0 Å². The summed E-state index contributed by atoms with van der Waals surface area (Å²) in [6.07, 6.45) is 2.59. The minimum Gasteiger partial charge on any atom is -0.349 e. The van der Waals surface area contributed by atoms with Crippen molar-refractivity contribution in [2.75, 3.05) is 13.1 Å². The second-order valence-electron chi connectivity index (χ2n) is 6.87. The van der Waals surface area contributed by atoms with Gasteiger partial charge in [-0.1, -0.05) is 12.1 Å². The zero-order valence-electron chi connectivity index (χ0n) is 13.3. The van der Waals surface area contributed by atoms with Gasteiger partial charge in [0.25, 0.3) is 5.91 Å². The van der Waals surface area contributed by atoms with Gasteiger partial charge in [0, 0.05) is 24.4 Å². The van der Waals surface area contributed by atoms with E-state index in [-0.39, 0.29) is 24.8 Å². The lowest BCUT2D eigenvalue weighted by Crippen LogP contribution is -2.40. The van der Waals surface area contributed by atoms with Gasteiger partial charge in [-0.25, -0.2) is 8.78 Å². The number of halogens is 2. The molecule has 1 aromatic carbocycles. The maximum Gasteiger partial charge on any atom is 0.251 e. The molecule has 0 bridgehead atoms. The van der Waals surface area contributed by atoms with E-state index >= 15 is 0 Å². The summed E-state index contributed by atoms with van der Waals surface area (Å²) in [5.74, 6) is -2.07. The summed E-state index contributed by atoms with van der Waals surface area (Å²) in [4.78, 5) is 12.4. The second kappa shape index (κ2) is 6.95.